The smallest absolute Gasteiger partial charge is 0.238 e. The molecule has 1 spiro atoms. The molecule has 0 aliphatic carbocycles. The van der Waals surface area contributed by atoms with Crippen molar-refractivity contribution in [3.8, 4) is 5.75 Å². The van der Waals surface area contributed by atoms with Crippen molar-refractivity contribution < 1.29 is 23.5 Å². The normalized spacial score (nSPS) is 22.9. The molecule has 4 aromatic carbocycles. The Hall–Kier alpha value is -5.30. The number of halogens is 1. The van der Waals surface area contributed by atoms with E-state index in [1.165, 1.54) is 24.3 Å². The topological polar surface area (TPSA) is 75.7 Å². The van der Waals surface area contributed by atoms with E-state index in [0.717, 1.165) is 11.1 Å². The van der Waals surface area contributed by atoms with Crippen molar-refractivity contribution in [3.63, 3.8) is 0 Å². The second kappa shape index (κ2) is 10.2. The number of Topliss-reactive ketones (excluding diaryl/α,β-unsaturated/α-hetero) is 2. The van der Waals surface area contributed by atoms with E-state index >= 15 is 4.79 Å². The van der Waals surface area contributed by atoms with Gasteiger partial charge in [-0.05, 0) is 65.2 Å². The fraction of sp³-hybridized carbons (Fsp3) is 0.139. The summed E-state index contributed by atoms with van der Waals surface area (Å²) >= 11 is 0. The number of rotatable bonds is 7. The third-order valence-electron chi connectivity index (χ3n) is 8.76. The third-order valence-corrected chi connectivity index (χ3v) is 8.76. The second-order valence-corrected chi connectivity index (χ2v) is 10.9. The Morgan fingerprint density at radius 1 is 0.930 bits per heavy atom. The number of anilines is 1. The molecule has 1 saturated heterocycles. The summed E-state index contributed by atoms with van der Waals surface area (Å²) in [6.07, 6.45) is 5.29. The van der Waals surface area contributed by atoms with Crippen LogP contribution in [0.3, 0.4) is 0 Å². The molecule has 0 unspecified atom stereocenters. The van der Waals surface area contributed by atoms with Crippen LogP contribution in [-0.4, -0.2) is 35.0 Å². The van der Waals surface area contributed by atoms with Crippen LogP contribution in [0.25, 0.3) is 6.08 Å². The molecule has 0 saturated carbocycles. The first-order chi connectivity index (χ1) is 21.0. The quantitative estimate of drug-likeness (QED) is 0.206. The second-order valence-electron chi connectivity index (χ2n) is 10.9. The molecule has 0 aromatic heterocycles. The fourth-order valence-corrected chi connectivity index (χ4v) is 7.06. The van der Waals surface area contributed by atoms with Crippen molar-refractivity contribution in [2.45, 2.75) is 17.5 Å². The number of ketones is 2. The van der Waals surface area contributed by atoms with E-state index in [0.29, 0.717) is 17.0 Å². The van der Waals surface area contributed by atoms with Crippen LogP contribution in [0.1, 0.15) is 43.4 Å². The molecule has 212 valence electrons. The van der Waals surface area contributed by atoms with Crippen LogP contribution >= 0.6 is 0 Å². The molecule has 4 aromatic rings. The highest BCUT2D eigenvalue weighted by molar-refractivity contribution is 6.17. The Morgan fingerprint density at radius 3 is 2.47 bits per heavy atom. The van der Waals surface area contributed by atoms with Gasteiger partial charge < -0.3 is 15.0 Å². The van der Waals surface area contributed by atoms with E-state index in [1.54, 1.807) is 30.3 Å². The van der Waals surface area contributed by atoms with Crippen molar-refractivity contribution in [1.29, 1.82) is 0 Å². The predicted octanol–water partition coefficient (Wildman–Crippen LogP) is 6.37. The largest absolute Gasteiger partial charge is 0.489 e. The summed E-state index contributed by atoms with van der Waals surface area (Å²) in [4.78, 5) is 46.0. The summed E-state index contributed by atoms with van der Waals surface area (Å²) in [5.74, 6) is -2.44. The molecule has 43 heavy (non-hydrogen) atoms. The Balaban J connectivity index is 1.52. The van der Waals surface area contributed by atoms with Gasteiger partial charge in [0.25, 0.3) is 0 Å². The predicted molar refractivity (Wildman–Crippen MR) is 161 cm³/mol. The van der Waals surface area contributed by atoms with E-state index < -0.39 is 35.0 Å². The monoisotopic (exact) mass is 570 g/mol. The lowest BCUT2D eigenvalue weighted by atomic mass is 9.62. The number of carbonyl (C=O) groups excluding carboxylic acids is 3. The van der Waals surface area contributed by atoms with Crippen LogP contribution in [0, 0.1) is 11.7 Å². The SMILES string of the molecule is C=CCOc1ccccc1C(=O)[C@@H]1[C@H](C(=O)c2ccc(F)cc2)N2C=Cc3ccccc3[C@@H]2[C@@]12C(=O)Nc1ccccc12. The molecule has 7 heteroatoms. The van der Waals surface area contributed by atoms with Gasteiger partial charge >= 0.3 is 0 Å². The molecule has 3 heterocycles. The van der Waals surface area contributed by atoms with Crippen molar-refractivity contribution in [3.05, 3.63) is 150 Å². The molecule has 4 atom stereocenters. The van der Waals surface area contributed by atoms with Gasteiger partial charge in [0.2, 0.25) is 5.91 Å². The van der Waals surface area contributed by atoms with E-state index in [2.05, 4.69) is 11.9 Å². The van der Waals surface area contributed by atoms with Crippen LogP contribution in [0.5, 0.6) is 5.75 Å². The average Bonchev–Trinajstić information content (AvgIpc) is 3.52. The van der Waals surface area contributed by atoms with Crippen molar-refractivity contribution in [2.75, 3.05) is 11.9 Å². The van der Waals surface area contributed by atoms with E-state index in [-0.39, 0.29) is 29.4 Å². The highest BCUT2D eigenvalue weighted by Crippen LogP contribution is 2.62. The van der Waals surface area contributed by atoms with Gasteiger partial charge in [-0.1, -0.05) is 67.3 Å². The minimum atomic E-state index is -1.47. The highest BCUT2D eigenvalue weighted by atomic mass is 19.1. The third kappa shape index (κ3) is 3.88. The van der Waals surface area contributed by atoms with Gasteiger partial charge in [0.15, 0.2) is 11.6 Å². The number of hydrogen-bond acceptors (Lipinski definition) is 5. The van der Waals surface area contributed by atoms with E-state index in [1.807, 2.05) is 65.7 Å². The Kier molecular flexibility index (Phi) is 6.31. The van der Waals surface area contributed by atoms with Crippen molar-refractivity contribution >= 4 is 29.2 Å². The van der Waals surface area contributed by atoms with Crippen molar-refractivity contribution in [1.82, 2.24) is 4.90 Å². The van der Waals surface area contributed by atoms with E-state index in [9.17, 15) is 14.0 Å². The number of ether oxygens (including phenoxy) is 1. The zero-order chi connectivity index (χ0) is 29.7. The lowest BCUT2D eigenvalue weighted by Gasteiger charge is -2.38. The highest BCUT2D eigenvalue weighted by Gasteiger charge is 2.70. The molecule has 6 nitrogen and oxygen atoms in total. The first-order valence-electron chi connectivity index (χ1n) is 14.1. The Morgan fingerprint density at radius 2 is 1.65 bits per heavy atom. The summed E-state index contributed by atoms with van der Waals surface area (Å²) in [6, 6.07) is 25.4. The molecule has 3 aliphatic rings. The summed E-state index contributed by atoms with van der Waals surface area (Å²) in [5.41, 5.74) is 2.02. The molecular weight excluding hydrogens is 543 g/mol. The van der Waals surface area contributed by atoms with Crippen LogP contribution in [-0.2, 0) is 10.2 Å². The fourth-order valence-electron chi connectivity index (χ4n) is 7.06. The number of nitrogens with zero attached hydrogens (tertiary/aromatic N) is 1. The summed E-state index contributed by atoms with van der Waals surface area (Å²) in [6.45, 7) is 3.89. The molecule has 1 amide bonds. The van der Waals surface area contributed by atoms with Crippen LogP contribution in [0.4, 0.5) is 10.1 Å². The van der Waals surface area contributed by atoms with Gasteiger partial charge in [-0.25, -0.2) is 4.39 Å². The van der Waals surface area contributed by atoms with Gasteiger partial charge in [-0.15, -0.1) is 0 Å². The number of nitrogens with one attached hydrogen (secondary N) is 1. The molecule has 3 aliphatic heterocycles. The standard InChI is InChI=1S/C36H27FN2O4/c1-2-21-43-29-14-8-5-11-26(29)33(41)30-31(32(40)23-15-17-24(37)18-16-23)39-20-19-22-9-3-4-10-25(22)34(39)36(30)27-12-6-7-13-28(27)38-35(36)42/h2-20,30-31,34H,1,21H2,(H,38,42)/t30-,31+,34+,36-/m0/s1. The van der Waals surface area contributed by atoms with Gasteiger partial charge in [0.05, 0.1) is 17.5 Å². The van der Waals surface area contributed by atoms with Crippen LogP contribution < -0.4 is 10.1 Å². The first kappa shape index (κ1) is 26.6. The lowest BCUT2D eigenvalue weighted by molar-refractivity contribution is -0.122. The number of benzene rings is 4. The number of para-hydroxylation sites is 2. The average molecular weight is 571 g/mol. The van der Waals surface area contributed by atoms with Crippen LogP contribution in [0.2, 0.25) is 0 Å². The first-order valence-corrected chi connectivity index (χ1v) is 14.1. The summed E-state index contributed by atoms with van der Waals surface area (Å²) < 4.78 is 19.8. The molecule has 0 bridgehead atoms. The zero-order valence-corrected chi connectivity index (χ0v) is 23.1. The minimum absolute atomic E-state index is 0.173. The van der Waals surface area contributed by atoms with Gasteiger partial charge in [-0.3, -0.25) is 14.4 Å². The molecular formula is C36H27FN2O4. The van der Waals surface area contributed by atoms with Crippen LogP contribution in [0.15, 0.2) is 116 Å². The molecule has 0 radical (unpaired) electrons. The van der Waals surface area contributed by atoms with Gasteiger partial charge in [0, 0.05) is 17.5 Å². The lowest BCUT2D eigenvalue weighted by Crippen LogP contribution is -2.49. The number of carbonyl (C=O) groups is 3. The summed E-state index contributed by atoms with van der Waals surface area (Å²) in [5, 5.41) is 3.04. The van der Waals surface area contributed by atoms with Gasteiger partial charge in [0.1, 0.15) is 29.6 Å². The summed E-state index contributed by atoms with van der Waals surface area (Å²) in [7, 11) is 0. The zero-order valence-electron chi connectivity index (χ0n) is 23.1. The maximum absolute atomic E-state index is 15.1. The maximum atomic E-state index is 15.1. The Labute approximate surface area is 248 Å². The molecule has 7 rings (SSSR count). The van der Waals surface area contributed by atoms with Gasteiger partial charge in [-0.2, -0.15) is 0 Å². The Bertz CT molecular complexity index is 1830. The number of amides is 1. The van der Waals surface area contributed by atoms with Crippen molar-refractivity contribution in [2.24, 2.45) is 5.92 Å². The van der Waals surface area contributed by atoms with E-state index in [4.69, 9.17) is 4.74 Å². The maximum Gasteiger partial charge on any atom is 0.238 e. The molecule has 1 N–H and O–H groups in total. The number of hydrogen-bond donors (Lipinski definition) is 1. The minimum Gasteiger partial charge on any atom is -0.489 e. The molecule has 1 fully saturated rings. The number of fused-ring (bicyclic) bond motifs is 6.